The van der Waals surface area contributed by atoms with Crippen molar-refractivity contribution >= 4 is 27.3 Å². The first-order chi connectivity index (χ1) is 13.8. The zero-order chi connectivity index (χ0) is 18.9. The summed E-state index contributed by atoms with van der Waals surface area (Å²) in [5.41, 5.74) is 0.495. The molecule has 3 aromatic rings. The Morgan fingerprint density at radius 2 is 1.89 bits per heavy atom. The second-order valence-electron chi connectivity index (χ2n) is 7.84. The van der Waals surface area contributed by atoms with Crippen LogP contribution in [0.5, 0.6) is 0 Å². The van der Waals surface area contributed by atoms with Gasteiger partial charge in [-0.15, -0.1) is 16.4 Å². The van der Waals surface area contributed by atoms with Crippen molar-refractivity contribution in [3.8, 4) is 0 Å². The number of hydrogen-bond donors (Lipinski definition) is 0. The average Bonchev–Trinajstić information content (AvgIpc) is 3.47. The second-order valence-corrected chi connectivity index (χ2v) is 9.01. The number of amides is 1. The van der Waals surface area contributed by atoms with Crippen LogP contribution in [0.2, 0.25) is 0 Å². The number of aromatic nitrogens is 3. The first kappa shape index (κ1) is 17.8. The number of piperidine rings is 1. The van der Waals surface area contributed by atoms with E-state index in [1.54, 1.807) is 0 Å². The first-order valence-corrected chi connectivity index (χ1v) is 11.0. The van der Waals surface area contributed by atoms with Crippen molar-refractivity contribution in [2.75, 3.05) is 26.2 Å². The van der Waals surface area contributed by atoms with Gasteiger partial charge in [-0.05, 0) is 43.2 Å². The summed E-state index contributed by atoms with van der Waals surface area (Å²) in [5.74, 6) is 0.0333. The highest BCUT2D eigenvalue weighted by molar-refractivity contribution is 7.19. The van der Waals surface area contributed by atoms with Gasteiger partial charge in [0, 0.05) is 42.3 Å². The van der Waals surface area contributed by atoms with Crippen molar-refractivity contribution in [2.24, 2.45) is 0 Å². The third-order valence-electron chi connectivity index (χ3n) is 5.91. The van der Waals surface area contributed by atoms with E-state index in [-0.39, 0.29) is 5.91 Å². The van der Waals surface area contributed by atoms with Crippen LogP contribution in [-0.4, -0.2) is 56.9 Å². The van der Waals surface area contributed by atoms with Gasteiger partial charge in [-0.3, -0.25) is 9.69 Å². The van der Waals surface area contributed by atoms with Crippen LogP contribution in [0.15, 0.2) is 36.5 Å². The molecule has 5 rings (SSSR count). The molecule has 28 heavy (non-hydrogen) atoms. The number of rotatable bonds is 4. The monoisotopic (exact) mass is 395 g/mol. The Bertz CT molecular complexity index is 933. The lowest BCUT2D eigenvalue weighted by molar-refractivity contribution is 0.0787. The molecular formula is C21H25N5OS. The first-order valence-electron chi connectivity index (χ1n) is 10.2. The number of fused-ring (bicyclic) bond motifs is 1. The van der Waals surface area contributed by atoms with E-state index in [0.717, 1.165) is 58.4 Å². The standard InChI is InChI=1S/C21H25N5OS/c27-21(25-9-3-4-10-25)19-15-26(23-22-19)17-7-11-24(12-8-17)14-18-13-16-5-1-2-6-20(16)28-18/h1-2,5-6,13,15,17H,3-4,7-12,14H2. The molecule has 0 bridgehead atoms. The van der Waals surface area contributed by atoms with Crippen molar-refractivity contribution in [3.63, 3.8) is 0 Å². The van der Waals surface area contributed by atoms with Gasteiger partial charge in [0.05, 0.1) is 12.2 Å². The van der Waals surface area contributed by atoms with Crippen LogP contribution in [0.4, 0.5) is 0 Å². The quantitative estimate of drug-likeness (QED) is 0.678. The molecule has 1 amide bonds. The highest BCUT2D eigenvalue weighted by Crippen LogP contribution is 2.28. The third-order valence-corrected chi connectivity index (χ3v) is 7.01. The molecule has 0 radical (unpaired) electrons. The van der Waals surface area contributed by atoms with Gasteiger partial charge in [0.2, 0.25) is 0 Å². The van der Waals surface area contributed by atoms with Gasteiger partial charge in [0.15, 0.2) is 5.69 Å². The number of hydrogen-bond acceptors (Lipinski definition) is 5. The van der Waals surface area contributed by atoms with Crippen LogP contribution in [0.1, 0.15) is 47.1 Å². The molecule has 0 saturated carbocycles. The molecule has 2 saturated heterocycles. The summed E-state index contributed by atoms with van der Waals surface area (Å²) < 4.78 is 3.28. The average molecular weight is 396 g/mol. The number of benzene rings is 1. The Kier molecular flexibility index (Phi) is 4.86. The maximum Gasteiger partial charge on any atom is 0.276 e. The molecule has 4 heterocycles. The highest BCUT2D eigenvalue weighted by atomic mass is 32.1. The molecule has 0 atom stereocenters. The molecule has 146 valence electrons. The fourth-order valence-corrected chi connectivity index (χ4v) is 5.42. The van der Waals surface area contributed by atoms with E-state index >= 15 is 0 Å². The van der Waals surface area contributed by atoms with Gasteiger partial charge in [-0.1, -0.05) is 23.4 Å². The molecule has 7 heteroatoms. The van der Waals surface area contributed by atoms with Gasteiger partial charge < -0.3 is 4.90 Å². The molecule has 0 aliphatic carbocycles. The molecular weight excluding hydrogens is 370 g/mol. The van der Waals surface area contributed by atoms with Crippen LogP contribution in [-0.2, 0) is 6.54 Å². The minimum absolute atomic E-state index is 0.0333. The van der Waals surface area contributed by atoms with E-state index in [0.29, 0.717) is 11.7 Å². The summed E-state index contributed by atoms with van der Waals surface area (Å²) in [7, 11) is 0. The normalized spacial score (nSPS) is 18.9. The number of carbonyl (C=O) groups excluding carboxylic acids is 1. The lowest BCUT2D eigenvalue weighted by Gasteiger charge is -2.31. The molecule has 0 unspecified atom stereocenters. The maximum absolute atomic E-state index is 12.5. The highest BCUT2D eigenvalue weighted by Gasteiger charge is 2.25. The summed E-state index contributed by atoms with van der Waals surface area (Å²) >= 11 is 1.90. The predicted octanol–water partition coefficient (Wildman–Crippen LogP) is 3.57. The lowest BCUT2D eigenvalue weighted by Crippen LogP contribution is -2.34. The minimum atomic E-state index is 0.0333. The van der Waals surface area contributed by atoms with E-state index in [4.69, 9.17) is 0 Å². The van der Waals surface area contributed by atoms with Crippen LogP contribution in [0.3, 0.4) is 0 Å². The van der Waals surface area contributed by atoms with E-state index in [9.17, 15) is 4.79 Å². The van der Waals surface area contributed by atoms with Crippen LogP contribution in [0.25, 0.3) is 10.1 Å². The van der Waals surface area contributed by atoms with E-state index in [1.165, 1.54) is 15.0 Å². The molecule has 2 fully saturated rings. The molecule has 2 aliphatic heterocycles. The van der Waals surface area contributed by atoms with E-state index in [2.05, 4.69) is 45.5 Å². The van der Waals surface area contributed by atoms with Gasteiger partial charge in [-0.25, -0.2) is 4.68 Å². The van der Waals surface area contributed by atoms with Gasteiger partial charge in [-0.2, -0.15) is 0 Å². The SMILES string of the molecule is O=C(c1cn(C2CCN(Cc3cc4ccccc4s3)CC2)nn1)N1CCCC1. The van der Waals surface area contributed by atoms with Crippen molar-refractivity contribution in [3.05, 3.63) is 47.1 Å². The Hall–Kier alpha value is -2.25. The van der Waals surface area contributed by atoms with Gasteiger partial charge in [0.25, 0.3) is 5.91 Å². The topological polar surface area (TPSA) is 54.3 Å². The maximum atomic E-state index is 12.5. The second kappa shape index (κ2) is 7.64. The Labute approximate surface area is 168 Å². The summed E-state index contributed by atoms with van der Waals surface area (Å²) in [6, 6.07) is 11.3. The van der Waals surface area contributed by atoms with Gasteiger partial charge >= 0.3 is 0 Å². The number of thiophene rings is 1. The largest absolute Gasteiger partial charge is 0.337 e. The fraction of sp³-hybridized carbons (Fsp3) is 0.476. The Morgan fingerprint density at radius 1 is 1.11 bits per heavy atom. The lowest BCUT2D eigenvalue weighted by atomic mass is 10.1. The van der Waals surface area contributed by atoms with Crippen molar-refractivity contribution in [1.29, 1.82) is 0 Å². The Morgan fingerprint density at radius 3 is 2.68 bits per heavy atom. The Balaban J connectivity index is 1.18. The molecule has 1 aromatic carbocycles. The van der Waals surface area contributed by atoms with E-state index < -0.39 is 0 Å². The zero-order valence-corrected chi connectivity index (χ0v) is 16.8. The molecule has 0 spiro atoms. The number of nitrogens with zero attached hydrogens (tertiary/aromatic N) is 5. The van der Waals surface area contributed by atoms with Crippen molar-refractivity contribution < 1.29 is 4.79 Å². The molecule has 6 nitrogen and oxygen atoms in total. The minimum Gasteiger partial charge on any atom is -0.337 e. The van der Waals surface area contributed by atoms with Crippen molar-refractivity contribution in [1.82, 2.24) is 24.8 Å². The summed E-state index contributed by atoms with van der Waals surface area (Å²) in [6.07, 6.45) is 6.14. The molecule has 2 aromatic heterocycles. The number of likely N-dealkylation sites (tertiary alicyclic amines) is 2. The van der Waals surface area contributed by atoms with E-state index in [1.807, 2.05) is 27.1 Å². The predicted molar refractivity (Wildman–Crippen MR) is 111 cm³/mol. The summed E-state index contributed by atoms with van der Waals surface area (Å²) in [4.78, 5) is 18.3. The third kappa shape index (κ3) is 3.56. The summed E-state index contributed by atoms with van der Waals surface area (Å²) in [6.45, 7) is 4.81. The molecule has 2 aliphatic rings. The van der Waals surface area contributed by atoms with Crippen molar-refractivity contribution in [2.45, 2.75) is 38.3 Å². The smallest absolute Gasteiger partial charge is 0.276 e. The van der Waals surface area contributed by atoms with Crippen LogP contribution < -0.4 is 0 Å². The van der Waals surface area contributed by atoms with Crippen LogP contribution >= 0.6 is 11.3 Å². The number of carbonyl (C=O) groups is 1. The van der Waals surface area contributed by atoms with Gasteiger partial charge in [0.1, 0.15) is 0 Å². The van der Waals surface area contributed by atoms with Crippen LogP contribution in [0, 0.1) is 0 Å². The summed E-state index contributed by atoms with van der Waals surface area (Å²) in [5, 5.41) is 9.77. The fourth-order valence-electron chi connectivity index (χ4n) is 4.31. The molecule has 0 N–H and O–H groups in total. The zero-order valence-electron chi connectivity index (χ0n) is 16.0.